The molecule has 2 fully saturated rings. The number of anilines is 1. The minimum absolute atomic E-state index is 0.0804. The number of nitrogens with one attached hydrogen (secondary N) is 1. The maximum absolute atomic E-state index is 13.9. The van der Waals surface area contributed by atoms with Gasteiger partial charge in [0.2, 0.25) is 0 Å². The second-order valence-corrected chi connectivity index (χ2v) is 19.0. The van der Waals surface area contributed by atoms with E-state index < -0.39 is 15.3 Å². The third-order valence-electron chi connectivity index (χ3n) is 12.8. The predicted molar refractivity (Wildman–Crippen MR) is 197 cm³/mol. The number of nitrogens with zero attached hydrogens (tertiary/aromatic N) is 2. The Morgan fingerprint density at radius 2 is 1.90 bits per heavy atom. The highest BCUT2D eigenvalue weighted by atomic mass is 35.5. The topological polar surface area (TPSA) is 82.1 Å². The van der Waals surface area contributed by atoms with E-state index in [0.29, 0.717) is 30.6 Å². The lowest BCUT2D eigenvalue weighted by Gasteiger charge is -2.51. The number of aryl methyl sites for hydroxylation is 1. The molecule has 5 aliphatic rings. The molecule has 7 rings (SSSR count). The molecule has 2 aliphatic carbocycles. The van der Waals surface area contributed by atoms with E-state index in [1.165, 1.54) is 17.5 Å². The number of hydrogen-bond donors (Lipinski definition) is 2. The zero-order chi connectivity index (χ0) is 33.8. The van der Waals surface area contributed by atoms with E-state index in [4.69, 9.17) is 16.3 Å². The van der Waals surface area contributed by atoms with Crippen LogP contribution in [0.15, 0.2) is 36.4 Å². The van der Waals surface area contributed by atoms with Crippen LogP contribution in [-0.2, 0) is 21.5 Å². The summed E-state index contributed by atoms with van der Waals surface area (Å²) in [7, 11) is -2.92. The zero-order valence-corrected chi connectivity index (χ0v) is 30.6. The first-order valence-corrected chi connectivity index (χ1v) is 20.5. The van der Waals surface area contributed by atoms with Gasteiger partial charge in [-0.25, -0.2) is 4.21 Å². The lowest BCUT2D eigenvalue weighted by Crippen LogP contribution is -2.56. The van der Waals surface area contributed by atoms with E-state index in [9.17, 15) is 14.1 Å². The average molecular weight is 696 g/mol. The van der Waals surface area contributed by atoms with Crippen LogP contribution in [0.4, 0.5) is 5.69 Å². The van der Waals surface area contributed by atoms with Gasteiger partial charge in [0.1, 0.15) is 5.75 Å². The third-order valence-corrected chi connectivity index (χ3v) is 15.2. The third kappa shape index (κ3) is 6.52. The summed E-state index contributed by atoms with van der Waals surface area (Å²) < 4.78 is 23.4. The van der Waals surface area contributed by atoms with Crippen molar-refractivity contribution in [3.8, 4) is 5.75 Å². The van der Waals surface area contributed by atoms with Gasteiger partial charge in [0.05, 0.1) is 27.6 Å². The summed E-state index contributed by atoms with van der Waals surface area (Å²) in [6.07, 6.45) is 8.75. The summed E-state index contributed by atoms with van der Waals surface area (Å²) in [5.74, 6) is 5.70. The number of β-amino-alcohol motifs (C(OH)–C–C–N with tert-alkyl or cyclic N) is 1. The Balaban J connectivity index is 1.29. The Kier molecular flexibility index (Phi) is 9.36. The SMILES string of the molecule is C=S1(=O)NC(=O)c2ccc3c(c2)N(C[C@@H]2CC[C@H]2[C@@](O)(CN2CC[C@@H](C)C2)CCC[C@H](C)[C@H]1C)C[C@@]1(CCCc2cc(Cl)ccc21)CO3. The Hall–Kier alpha value is -2.26. The molecule has 48 heavy (non-hydrogen) atoms. The number of hydrogen-bond acceptors (Lipinski definition) is 6. The van der Waals surface area contributed by atoms with Crippen LogP contribution in [0, 0.1) is 23.7 Å². The van der Waals surface area contributed by atoms with Crippen LogP contribution >= 0.6 is 11.6 Å². The average Bonchev–Trinajstić information content (AvgIpc) is 3.36. The minimum atomic E-state index is -2.92. The van der Waals surface area contributed by atoms with Gasteiger partial charge in [-0.15, -0.1) is 0 Å². The first kappa shape index (κ1) is 34.2. The summed E-state index contributed by atoms with van der Waals surface area (Å²) >= 11 is 6.48. The van der Waals surface area contributed by atoms with Gasteiger partial charge in [-0.05, 0) is 136 Å². The Bertz CT molecular complexity index is 1650. The highest BCUT2D eigenvalue weighted by molar-refractivity contribution is 7.99. The molecular weight excluding hydrogens is 642 g/mol. The van der Waals surface area contributed by atoms with Crippen molar-refractivity contribution in [3.05, 3.63) is 58.1 Å². The molecule has 8 atom stereocenters. The summed E-state index contributed by atoms with van der Waals surface area (Å²) in [6, 6.07) is 11.9. The Morgan fingerprint density at radius 3 is 2.65 bits per heavy atom. The van der Waals surface area contributed by atoms with Crippen LogP contribution in [0.3, 0.4) is 0 Å². The first-order valence-electron chi connectivity index (χ1n) is 18.3. The normalized spacial score (nSPS) is 37.5. The first-order chi connectivity index (χ1) is 22.9. The molecule has 1 saturated carbocycles. The number of carbonyl (C=O) groups is 1. The fraction of sp³-hybridized carbons (Fsp3) is 0.641. The summed E-state index contributed by atoms with van der Waals surface area (Å²) in [5, 5.41) is 13.2. The molecule has 1 unspecified atom stereocenters. The van der Waals surface area contributed by atoms with E-state index in [-0.39, 0.29) is 28.4 Å². The highest BCUT2D eigenvalue weighted by Gasteiger charge is 2.49. The number of amides is 1. The van der Waals surface area contributed by atoms with E-state index in [1.54, 1.807) is 6.07 Å². The van der Waals surface area contributed by atoms with E-state index in [0.717, 1.165) is 94.0 Å². The van der Waals surface area contributed by atoms with Crippen molar-refractivity contribution in [2.75, 3.05) is 44.2 Å². The van der Waals surface area contributed by atoms with Gasteiger partial charge >= 0.3 is 0 Å². The quantitative estimate of drug-likeness (QED) is 0.350. The minimum Gasteiger partial charge on any atom is -0.490 e. The summed E-state index contributed by atoms with van der Waals surface area (Å²) in [5.41, 5.74) is 2.94. The van der Waals surface area contributed by atoms with E-state index in [1.807, 2.05) is 25.1 Å². The monoisotopic (exact) mass is 695 g/mol. The molecule has 7 nitrogen and oxygen atoms in total. The molecule has 2 aromatic carbocycles. The molecular formula is C39H54ClN3O4S. The van der Waals surface area contributed by atoms with Crippen LogP contribution < -0.4 is 14.4 Å². The molecule has 2 bridgehead atoms. The maximum Gasteiger partial charge on any atom is 0.262 e. The van der Waals surface area contributed by atoms with Crippen LogP contribution in [-0.4, -0.2) is 76.2 Å². The summed E-state index contributed by atoms with van der Waals surface area (Å²) in [4.78, 5) is 18.6. The molecule has 262 valence electrons. The van der Waals surface area contributed by atoms with Gasteiger partial charge in [-0.1, -0.05) is 37.9 Å². The number of aliphatic hydroxyl groups is 1. The van der Waals surface area contributed by atoms with Crippen LogP contribution in [0.1, 0.15) is 93.6 Å². The number of fused-ring (bicyclic) bond motifs is 4. The molecule has 2 N–H and O–H groups in total. The largest absolute Gasteiger partial charge is 0.490 e. The van der Waals surface area contributed by atoms with Gasteiger partial charge < -0.3 is 19.6 Å². The Labute approximate surface area is 292 Å². The van der Waals surface area contributed by atoms with Crippen molar-refractivity contribution in [2.45, 2.75) is 94.8 Å². The molecule has 9 heteroatoms. The number of benzene rings is 2. The number of carbonyl (C=O) groups excluding carboxylic acids is 1. The number of ether oxygens (including phenoxy) is 1. The van der Waals surface area contributed by atoms with Crippen LogP contribution in [0.25, 0.3) is 0 Å². The fourth-order valence-corrected chi connectivity index (χ4v) is 11.3. The molecule has 1 spiro atoms. The Morgan fingerprint density at radius 1 is 1.06 bits per heavy atom. The van der Waals surface area contributed by atoms with Gasteiger partial charge in [0.25, 0.3) is 5.91 Å². The second kappa shape index (κ2) is 13.1. The van der Waals surface area contributed by atoms with Crippen molar-refractivity contribution in [1.29, 1.82) is 0 Å². The van der Waals surface area contributed by atoms with Gasteiger partial charge in [0.15, 0.2) is 0 Å². The van der Waals surface area contributed by atoms with E-state index in [2.05, 4.69) is 46.4 Å². The molecule has 3 heterocycles. The van der Waals surface area contributed by atoms with Crippen LogP contribution in [0.2, 0.25) is 5.02 Å². The summed E-state index contributed by atoms with van der Waals surface area (Å²) in [6.45, 7) is 11.2. The van der Waals surface area contributed by atoms with Crippen molar-refractivity contribution in [3.63, 3.8) is 0 Å². The van der Waals surface area contributed by atoms with Crippen molar-refractivity contribution >= 4 is 38.8 Å². The number of likely N-dealkylation sites (tertiary alicyclic amines) is 1. The molecule has 1 saturated heterocycles. The molecule has 0 aromatic heterocycles. The highest BCUT2D eigenvalue weighted by Crippen LogP contribution is 2.49. The lowest BCUT2D eigenvalue weighted by molar-refractivity contribution is -0.103. The fourth-order valence-electron chi connectivity index (χ4n) is 9.62. The second-order valence-electron chi connectivity index (χ2n) is 16.2. The molecule has 0 radical (unpaired) electrons. The number of rotatable bonds is 2. The van der Waals surface area contributed by atoms with Crippen molar-refractivity contribution in [1.82, 2.24) is 9.62 Å². The van der Waals surface area contributed by atoms with Crippen molar-refractivity contribution < 1.29 is 18.8 Å². The molecule has 3 aliphatic heterocycles. The van der Waals surface area contributed by atoms with Gasteiger partial charge in [-0.3, -0.25) is 9.52 Å². The molecule has 1 amide bonds. The van der Waals surface area contributed by atoms with Crippen molar-refractivity contribution in [2.24, 2.45) is 23.7 Å². The standard InChI is InChI=1S/C39H54ClN3O4S/c1-26-15-18-42(21-26)24-39(45)17-5-7-27(2)28(3)48(4,46)41-37(44)30-10-14-36-35(20-30)43(22-31-9-12-34(31)39)23-38(25-47-36)16-6-8-29-19-32(40)11-13-33(29)38/h10-11,13-14,19-20,26-28,31,34,45H,4-9,12,15-18,21-25H2,1-3H3,(H,41,44,46)/t26-,27+,28-,31+,34-,38+,39+,48?/m1/s1. The van der Waals surface area contributed by atoms with E-state index >= 15 is 0 Å². The smallest absolute Gasteiger partial charge is 0.262 e. The maximum atomic E-state index is 13.9. The van der Waals surface area contributed by atoms with Gasteiger partial charge in [0, 0.05) is 47.4 Å². The van der Waals surface area contributed by atoms with Crippen LogP contribution in [0.5, 0.6) is 5.75 Å². The van der Waals surface area contributed by atoms with Gasteiger partial charge in [-0.2, -0.15) is 0 Å². The lowest BCUT2D eigenvalue weighted by atomic mass is 9.62. The predicted octanol–water partition coefficient (Wildman–Crippen LogP) is 6.48. The molecule has 2 aromatic rings. The zero-order valence-electron chi connectivity index (χ0n) is 29.0. The number of halogens is 1.